The summed E-state index contributed by atoms with van der Waals surface area (Å²) < 4.78 is 11.8. The van der Waals surface area contributed by atoms with E-state index in [1.54, 1.807) is 0 Å². The molecule has 2 aromatic rings. The molecular weight excluding hydrogens is 362 g/mol. The van der Waals surface area contributed by atoms with Crippen molar-refractivity contribution < 1.29 is 18.7 Å². The third-order valence-electron chi connectivity index (χ3n) is 4.94. The number of carboxylic acid groups (broad SMARTS) is 1. The Kier molecular flexibility index (Phi) is 6.83. The van der Waals surface area contributed by atoms with Gasteiger partial charge < -0.3 is 13.9 Å². The molecule has 5 nitrogen and oxygen atoms in total. The van der Waals surface area contributed by atoms with Crippen LogP contribution >= 0.6 is 11.8 Å². The molecule has 2 atom stereocenters. The predicted molar refractivity (Wildman–Crippen MR) is 107 cm³/mol. The Bertz CT molecular complexity index is 792. The van der Waals surface area contributed by atoms with Gasteiger partial charge in [-0.05, 0) is 43.9 Å². The van der Waals surface area contributed by atoms with Crippen LogP contribution in [-0.4, -0.2) is 27.6 Å². The zero-order chi connectivity index (χ0) is 19.2. The molecule has 1 aliphatic carbocycles. The van der Waals surface area contributed by atoms with Crippen LogP contribution < -0.4 is 0 Å². The smallest absolute Gasteiger partial charge is 0.313 e. The van der Waals surface area contributed by atoms with E-state index in [2.05, 4.69) is 6.92 Å². The van der Waals surface area contributed by atoms with Gasteiger partial charge in [-0.1, -0.05) is 25.8 Å². The predicted octanol–water partition coefficient (Wildman–Crippen LogP) is 5.29. The van der Waals surface area contributed by atoms with E-state index in [9.17, 15) is 4.79 Å². The molecule has 146 valence electrons. The molecule has 1 N–H and O–H groups in total. The third kappa shape index (κ3) is 5.76. The largest absolute Gasteiger partial charge is 0.481 e. The van der Waals surface area contributed by atoms with Crippen molar-refractivity contribution in [1.82, 2.24) is 4.98 Å². The number of aromatic nitrogens is 1. The number of aryl methyl sites for hydroxylation is 1. The van der Waals surface area contributed by atoms with E-state index in [1.165, 1.54) is 31.0 Å². The molecule has 0 amide bonds. The molecule has 1 fully saturated rings. The summed E-state index contributed by atoms with van der Waals surface area (Å²) >= 11 is 1.36. The maximum Gasteiger partial charge on any atom is 0.313 e. The second kappa shape index (κ2) is 9.31. The molecule has 0 bridgehead atoms. The average Bonchev–Trinajstić information content (AvgIpc) is 3.22. The van der Waals surface area contributed by atoms with Crippen LogP contribution in [0.25, 0.3) is 6.08 Å². The van der Waals surface area contributed by atoms with Gasteiger partial charge in [-0.25, -0.2) is 4.98 Å². The number of carbonyl (C=O) groups is 1. The highest BCUT2D eigenvalue weighted by atomic mass is 32.2. The van der Waals surface area contributed by atoms with Crippen molar-refractivity contribution in [3.8, 4) is 0 Å². The van der Waals surface area contributed by atoms with Crippen molar-refractivity contribution >= 4 is 23.8 Å². The summed E-state index contributed by atoms with van der Waals surface area (Å²) in [6, 6.07) is 3.88. The molecule has 0 saturated heterocycles. The number of hydrogen-bond donors (Lipinski definition) is 1. The van der Waals surface area contributed by atoms with Crippen LogP contribution in [0.1, 0.15) is 67.4 Å². The van der Waals surface area contributed by atoms with Crippen molar-refractivity contribution in [1.29, 1.82) is 0 Å². The lowest BCUT2D eigenvalue weighted by Gasteiger charge is -2.24. The quantitative estimate of drug-likeness (QED) is 0.618. The first-order chi connectivity index (χ1) is 13.0. The molecule has 6 heteroatoms. The number of rotatable bonds is 8. The van der Waals surface area contributed by atoms with Crippen molar-refractivity contribution in [3.05, 3.63) is 47.1 Å². The fourth-order valence-electron chi connectivity index (χ4n) is 3.57. The SMILES string of the molecule is Cc1oc(C2CCCC(C)C2)nc1Cc1ccc(/C=C/CSCC(=O)O)o1. The van der Waals surface area contributed by atoms with Gasteiger partial charge in [0.05, 0.1) is 17.9 Å². The molecule has 2 unspecified atom stereocenters. The second-order valence-electron chi connectivity index (χ2n) is 7.32. The van der Waals surface area contributed by atoms with E-state index < -0.39 is 5.97 Å². The van der Waals surface area contributed by atoms with Crippen LogP contribution in [0.15, 0.2) is 27.0 Å². The van der Waals surface area contributed by atoms with Gasteiger partial charge in [0.2, 0.25) is 0 Å². The number of oxazole rings is 1. The van der Waals surface area contributed by atoms with Gasteiger partial charge in [-0.15, -0.1) is 11.8 Å². The lowest BCUT2D eigenvalue weighted by molar-refractivity contribution is -0.133. The van der Waals surface area contributed by atoms with Crippen molar-refractivity contribution in [3.63, 3.8) is 0 Å². The first kappa shape index (κ1) is 19.8. The second-order valence-corrected chi connectivity index (χ2v) is 8.35. The van der Waals surface area contributed by atoms with Crippen LogP contribution in [0.3, 0.4) is 0 Å². The number of hydrogen-bond acceptors (Lipinski definition) is 5. The summed E-state index contributed by atoms with van der Waals surface area (Å²) in [4.78, 5) is 15.3. The van der Waals surface area contributed by atoms with Crippen LogP contribution in [0, 0.1) is 12.8 Å². The summed E-state index contributed by atoms with van der Waals surface area (Å²) in [5.74, 6) is 4.54. The van der Waals surface area contributed by atoms with Crippen molar-refractivity contribution in [2.75, 3.05) is 11.5 Å². The van der Waals surface area contributed by atoms with E-state index in [-0.39, 0.29) is 5.75 Å². The molecular formula is C21H27NO4S. The average molecular weight is 390 g/mol. The fourth-order valence-corrected chi connectivity index (χ4v) is 4.09. The number of thioether (sulfide) groups is 1. The highest BCUT2D eigenvalue weighted by molar-refractivity contribution is 8.00. The van der Waals surface area contributed by atoms with Crippen LogP contribution in [-0.2, 0) is 11.2 Å². The lowest BCUT2D eigenvalue weighted by Crippen LogP contribution is -2.12. The van der Waals surface area contributed by atoms with Crippen LogP contribution in [0.2, 0.25) is 0 Å². The fraction of sp³-hybridized carbons (Fsp3) is 0.524. The van der Waals surface area contributed by atoms with Gasteiger partial charge in [-0.2, -0.15) is 0 Å². The Balaban J connectivity index is 1.57. The number of furan rings is 1. The molecule has 2 aromatic heterocycles. The van der Waals surface area contributed by atoms with Gasteiger partial charge in [0.15, 0.2) is 5.89 Å². The van der Waals surface area contributed by atoms with Gasteiger partial charge in [-0.3, -0.25) is 4.79 Å². The Morgan fingerprint density at radius 3 is 3.00 bits per heavy atom. The summed E-state index contributed by atoms with van der Waals surface area (Å²) in [5, 5.41) is 8.62. The minimum atomic E-state index is -0.793. The molecule has 0 aromatic carbocycles. The summed E-state index contributed by atoms with van der Waals surface area (Å²) in [6.45, 7) is 4.28. The lowest BCUT2D eigenvalue weighted by atomic mass is 9.82. The Morgan fingerprint density at radius 2 is 2.22 bits per heavy atom. The van der Waals surface area contributed by atoms with E-state index >= 15 is 0 Å². The van der Waals surface area contributed by atoms with E-state index in [0.29, 0.717) is 18.1 Å². The minimum absolute atomic E-state index is 0.112. The minimum Gasteiger partial charge on any atom is -0.481 e. The van der Waals surface area contributed by atoms with Gasteiger partial charge in [0.1, 0.15) is 17.3 Å². The summed E-state index contributed by atoms with van der Waals surface area (Å²) in [6.07, 6.45) is 9.30. The topological polar surface area (TPSA) is 76.5 Å². The standard InChI is InChI=1S/C21H27NO4S/c1-14-5-3-6-16(11-14)21-22-19(15(2)25-21)12-18-9-8-17(26-18)7-4-10-27-13-20(23)24/h4,7-9,14,16H,3,5-6,10-13H2,1-2H3,(H,23,24)/b7-4+. The summed E-state index contributed by atoms with van der Waals surface area (Å²) in [7, 11) is 0. The molecule has 1 aliphatic rings. The molecule has 3 rings (SSSR count). The van der Waals surface area contributed by atoms with E-state index in [1.807, 2.05) is 31.2 Å². The van der Waals surface area contributed by atoms with Crippen molar-refractivity contribution in [2.24, 2.45) is 5.92 Å². The Hall–Kier alpha value is -1.95. The van der Waals surface area contributed by atoms with Gasteiger partial charge in [0.25, 0.3) is 0 Å². The zero-order valence-corrected chi connectivity index (χ0v) is 16.8. The number of carboxylic acids is 1. The highest BCUT2D eigenvalue weighted by Crippen LogP contribution is 2.36. The molecule has 0 aliphatic heterocycles. The maximum absolute atomic E-state index is 10.5. The Morgan fingerprint density at radius 1 is 1.37 bits per heavy atom. The Labute approximate surface area is 164 Å². The third-order valence-corrected chi connectivity index (χ3v) is 5.82. The monoisotopic (exact) mass is 389 g/mol. The normalized spacial score (nSPS) is 20.4. The maximum atomic E-state index is 10.5. The van der Waals surface area contributed by atoms with Gasteiger partial charge >= 0.3 is 5.97 Å². The molecule has 0 spiro atoms. The van der Waals surface area contributed by atoms with E-state index in [4.69, 9.17) is 18.9 Å². The zero-order valence-electron chi connectivity index (χ0n) is 15.9. The first-order valence-electron chi connectivity index (χ1n) is 9.52. The number of aliphatic carboxylic acids is 1. The van der Waals surface area contributed by atoms with Crippen LogP contribution in [0.5, 0.6) is 0 Å². The van der Waals surface area contributed by atoms with Crippen molar-refractivity contribution in [2.45, 2.75) is 51.9 Å². The molecule has 1 saturated carbocycles. The summed E-state index contributed by atoms with van der Waals surface area (Å²) in [5.41, 5.74) is 0.949. The van der Waals surface area contributed by atoms with E-state index in [0.717, 1.165) is 41.2 Å². The molecule has 0 radical (unpaired) electrons. The number of nitrogens with zero attached hydrogens (tertiary/aromatic N) is 1. The highest BCUT2D eigenvalue weighted by Gasteiger charge is 2.25. The van der Waals surface area contributed by atoms with Crippen LogP contribution in [0.4, 0.5) is 0 Å². The van der Waals surface area contributed by atoms with Gasteiger partial charge in [0, 0.05) is 11.7 Å². The molecule has 27 heavy (non-hydrogen) atoms. The first-order valence-corrected chi connectivity index (χ1v) is 10.7. The molecule has 2 heterocycles.